The zero-order valence-corrected chi connectivity index (χ0v) is 11.7. The minimum atomic E-state index is -3.36. The summed E-state index contributed by atoms with van der Waals surface area (Å²) in [5, 5.41) is 3.64. The Morgan fingerprint density at radius 3 is 2.59 bits per heavy atom. The van der Waals surface area contributed by atoms with E-state index in [1.165, 1.54) is 6.07 Å². The number of anilines is 1. The molecule has 1 rings (SSSR count). The van der Waals surface area contributed by atoms with Crippen LogP contribution in [0.1, 0.15) is 6.42 Å². The van der Waals surface area contributed by atoms with Gasteiger partial charge < -0.3 is 5.32 Å². The molecule has 0 saturated carbocycles. The van der Waals surface area contributed by atoms with Crippen LogP contribution in [-0.2, 0) is 10.0 Å². The maximum absolute atomic E-state index is 11.7. The predicted molar refractivity (Wildman–Crippen MR) is 72.4 cm³/mol. The molecule has 0 amide bonds. The van der Waals surface area contributed by atoms with Crippen LogP contribution in [0.2, 0.25) is 10.0 Å². The maximum Gasteiger partial charge on any atom is 0.232 e. The summed E-state index contributed by atoms with van der Waals surface area (Å²) in [6.45, 7) is 0.648. The second-order valence-corrected chi connectivity index (χ2v) is 6.19. The van der Waals surface area contributed by atoms with Crippen molar-refractivity contribution in [3.63, 3.8) is 0 Å². The van der Waals surface area contributed by atoms with E-state index < -0.39 is 10.0 Å². The van der Waals surface area contributed by atoms with Crippen molar-refractivity contribution in [2.45, 2.75) is 6.42 Å². The summed E-state index contributed by atoms with van der Waals surface area (Å²) < 4.78 is 25.8. The van der Waals surface area contributed by atoms with Crippen LogP contribution in [0.5, 0.6) is 0 Å². The minimum absolute atomic E-state index is 0.0484. The summed E-state index contributed by atoms with van der Waals surface area (Å²) in [7, 11) is -1.59. The number of nitrogens with one attached hydrogen (secondary N) is 2. The van der Waals surface area contributed by atoms with Gasteiger partial charge in [0.15, 0.2) is 0 Å². The molecule has 0 aliphatic rings. The minimum Gasteiger partial charge on any atom is -0.320 e. The van der Waals surface area contributed by atoms with E-state index in [0.29, 0.717) is 23.7 Å². The summed E-state index contributed by atoms with van der Waals surface area (Å²) in [5.74, 6) is 0.0484. The number of rotatable bonds is 6. The first-order valence-electron chi connectivity index (χ1n) is 5.05. The lowest BCUT2D eigenvalue weighted by molar-refractivity contribution is 0.597. The highest BCUT2D eigenvalue weighted by Crippen LogP contribution is 2.26. The fraction of sp³-hybridized carbons (Fsp3) is 0.400. The normalized spacial score (nSPS) is 11.5. The molecular weight excluding hydrogens is 283 g/mol. The molecule has 0 aliphatic heterocycles. The van der Waals surface area contributed by atoms with Crippen LogP contribution in [0.15, 0.2) is 18.2 Å². The first kappa shape index (κ1) is 14.6. The van der Waals surface area contributed by atoms with Crippen molar-refractivity contribution < 1.29 is 8.42 Å². The third kappa shape index (κ3) is 5.12. The standard InChI is InChI=1S/C10H14Cl2N2O2S/c1-13-5-2-6-17(15,16)14-10-4-3-8(11)7-9(10)12/h3-4,7,13-14H,2,5-6H2,1H3. The lowest BCUT2D eigenvalue weighted by Crippen LogP contribution is -2.20. The van der Waals surface area contributed by atoms with E-state index in [2.05, 4.69) is 10.0 Å². The molecule has 0 bridgehead atoms. The number of benzene rings is 1. The largest absolute Gasteiger partial charge is 0.320 e. The van der Waals surface area contributed by atoms with E-state index in [4.69, 9.17) is 23.2 Å². The van der Waals surface area contributed by atoms with E-state index in [-0.39, 0.29) is 10.8 Å². The zero-order valence-electron chi connectivity index (χ0n) is 9.33. The predicted octanol–water partition coefficient (Wildman–Crippen LogP) is 2.34. The Kier molecular flexibility index (Phi) is 5.52. The second kappa shape index (κ2) is 6.44. The number of halogens is 2. The molecule has 0 unspecified atom stereocenters. The first-order valence-corrected chi connectivity index (χ1v) is 7.45. The third-order valence-electron chi connectivity index (χ3n) is 2.04. The van der Waals surface area contributed by atoms with Gasteiger partial charge in [-0.15, -0.1) is 0 Å². The number of hydrogen-bond donors (Lipinski definition) is 2. The smallest absolute Gasteiger partial charge is 0.232 e. The Morgan fingerprint density at radius 2 is 2.00 bits per heavy atom. The van der Waals surface area contributed by atoms with Gasteiger partial charge in [0, 0.05) is 5.02 Å². The summed E-state index contributed by atoms with van der Waals surface area (Å²) in [5.41, 5.74) is 0.348. The Labute approximate surface area is 111 Å². The van der Waals surface area contributed by atoms with Crippen molar-refractivity contribution in [2.24, 2.45) is 0 Å². The van der Waals surface area contributed by atoms with Crippen molar-refractivity contribution in [1.29, 1.82) is 0 Å². The average molecular weight is 297 g/mol. The van der Waals surface area contributed by atoms with Crippen LogP contribution in [-0.4, -0.2) is 27.8 Å². The van der Waals surface area contributed by atoms with Crippen LogP contribution in [0.3, 0.4) is 0 Å². The maximum atomic E-state index is 11.7. The van der Waals surface area contributed by atoms with Crippen LogP contribution in [0.4, 0.5) is 5.69 Å². The van der Waals surface area contributed by atoms with E-state index in [0.717, 1.165) is 0 Å². The summed E-state index contributed by atoms with van der Waals surface area (Å²) >= 11 is 11.6. The molecule has 2 N–H and O–H groups in total. The molecular formula is C10H14Cl2N2O2S. The van der Waals surface area contributed by atoms with Crippen molar-refractivity contribution in [3.05, 3.63) is 28.2 Å². The number of hydrogen-bond acceptors (Lipinski definition) is 3. The highest BCUT2D eigenvalue weighted by molar-refractivity contribution is 7.92. The molecule has 0 atom stereocenters. The van der Waals surface area contributed by atoms with Gasteiger partial charge in [-0.05, 0) is 38.2 Å². The molecule has 0 aliphatic carbocycles. The van der Waals surface area contributed by atoms with E-state index >= 15 is 0 Å². The SMILES string of the molecule is CNCCCS(=O)(=O)Nc1ccc(Cl)cc1Cl. The van der Waals surface area contributed by atoms with Crippen LogP contribution >= 0.6 is 23.2 Å². The lowest BCUT2D eigenvalue weighted by Gasteiger charge is -2.09. The number of sulfonamides is 1. The van der Waals surface area contributed by atoms with Gasteiger partial charge in [-0.3, -0.25) is 4.72 Å². The molecule has 0 heterocycles. The van der Waals surface area contributed by atoms with Gasteiger partial charge in [0.2, 0.25) is 10.0 Å². The summed E-state index contributed by atoms with van der Waals surface area (Å²) in [4.78, 5) is 0. The monoisotopic (exact) mass is 296 g/mol. The second-order valence-electron chi connectivity index (χ2n) is 3.50. The van der Waals surface area contributed by atoms with Gasteiger partial charge in [-0.2, -0.15) is 0 Å². The molecule has 4 nitrogen and oxygen atoms in total. The third-order valence-corrected chi connectivity index (χ3v) is 3.94. The summed E-state index contributed by atoms with van der Waals surface area (Å²) in [6.07, 6.45) is 0.539. The molecule has 1 aromatic carbocycles. The Morgan fingerprint density at radius 1 is 1.29 bits per heavy atom. The zero-order chi connectivity index (χ0) is 12.9. The van der Waals surface area contributed by atoms with E-state index in [1.54, 1.807) is 19.2 Å². The molecule has 0 radical (unpaired) electrons. The molecule has 1 aromatic rings. The highest BCUT2D eigenvalue weighted by atomic mass is 35.5. The van der Waals surface area contributed by atoms with Crippen LogP contribution in [0, 0.1) is 0 Å². The fourth-order valence-electron chi connectivity index (χ4n) is 1.23. The summed E-state index contributed by atoms with van der Waals surface area (Å²) in [6, 6.07) is 4.62. The van der Waals surface area contributed by atoms with E-state index in [9.17, 15) is 8.42 Å². The highest BCUT2D eigenvalue weighted by Gasteiger charge is 2.12. The quantitative estimate of drug-likeness (QED) is 0.792. The molecule has 96 valence electrons. The van der Waals surface area contributed by atoms with Crippen molar-refractivity contribution in [2.75, 3.05) is 24.1 Å². The Balaban J connectivity index is 2.69. The van der Waals surface area contributed by atoms with Gasteiger partial charge in [-0.25, -0.2) is 8.42 Å². The van der Waals surface area contributed by atoms with Gasteiger partial charge in [0.1, 0.15) is 0 Å². The van der Waals surface area contributed by atoms with Crippen LogP contribution < -0.4 is 10.0 Å². The molecule has 0 aromatic heterocycles. The van der Waals surface area contributed by atoms with E-state index in [1.807, 2.05) is 0 Å². The first-order chi connectivity index (χ1) is 7.94. The van der Waals surface area contributed by atoms with Gasteiger partial charge >= 0.3 is 0 Å². The van der Waals surface area contributed by atoms with Crippen LogP contribution in [0.25, 0.3) is 0 Å². The Bertz CT molecular complexity index is 477. The molecule has 7 heteroatoms. The molecule has 17 heavy (non-hydrogen) atoms. The average Bonchev–Trinajstić information content (AvgIpc) is 2.22. The van der Waals surface area contributed by atoms with Gasteiger partial charge in [-0.1, -0.05) is 23.2 Å². The van der Waals surface area contributed by atoms with Gasteiger partial charge in [0.05, 0.1) is 16.5 Å². The lowest BCUT2D eigenvalue weighted by atomic mass is 10.3. The molecule has 0 fully saturated rings. The molecule has 0 saturated heterocycles. The van der Waals surface area contributed by atoms with Crippen molar-refractivity contribution in [1.82, 2.24) is 5.32 Å². The van der Waals surface area contributed by atoms with Crippen molar-refractivity contribution in [3.8, 4) is 0 Å². The topological polar surface area (TPSA) is 58.2 Å². The van der Waals surface area contributed by atoms with Gasteiger partial charge in [0.25, 0.3) is 0 Å². The Hall–Kier alpha value is -0.490. The van der Waals surface area contributed by atoms with Crippen molar-refractivity contribution >= 4 is 38.9 Å². The fourth-order valence-corrected chi connectivity index (χ4v) is 2.88. The molecule has 0 spiro atoms.